The van der Waals surface area contributed by atoms with E-state index in [1.807, 2.05) is 38.1 Å². The van der Waals surface area contributed by atoms with Crippen molar-refractivity contribution < 1.29 is 9.59 Å². The van der Waals surface area contributed by atoms with Gasteiger partial charge < -0.3 is 15.5 Å². The van der Waals surface area contributed by atoms with E-state index in [1.54, 1.807) is 11.8 Å². The number of amides is 3. The lowest BCUT2D eigenvalue weighted by molar-refractivity contribution is -0.129. The predicted octanol–water partition coefficient (Wildman–Crippen LogP) is 2.75. The van der Waals surface area contributed by atoms with Gasteiger partial charge in [0.05, 0.1) is 0 Å². The van der Waals surface area contributed by atoms with Crippen LogP contribution in [0, 0.1) is 0 Å². The quantitative estimate of drug-likeness (QED) is 0.791. The average Bonchev–Trinajstić information content (AvgIpc) is 2.42. The maximum absolute atomic E-state index is 11.7. The summed E-state index contributed by atoms with van der Waals surface area (Å²) in [6.45, 7) is 10.7. The van der Waals surface area contributed by atoms with Crippen LogP contribution in [0.15, 0.2) is 36.4 Å². The summed E-state index contributed by atoms with van der Waals surface area (Å²) < 4.78 is 0. The number of benzene rings is 1. The number of nitrogens with one attached hydrogen (secondary N) is 2. The van der Waals surface area contributed by atoms with Crippen molar-refractivity contribution in [3.63, 3.8) is 0 Å². The third-order valence-corrected chi connectivity index (χ3v) is 2.94. The van der Waals surface area contributed by atoms with Crippen molar-refractivity contribution in [1.82, 2.24) is 10.2 Å². The van der Waals surface area contributed by atoms with Gasteiger partial charge >= 0.3 is 6.03 Å². The summed E-state index contributed by atoms with van der Waals surface area (Å²) in [5, 5.41) is 5.47. The Hall–Kier alpha value is -2.30. The summed E-state index contributed by atoms with van der Waals surface area (Å²) >= 11 is 0. The molecule has 0 bridgehead atoms. The molecular weight excluding hydrogens is 266 g/mol. The Labute approximate surface area is 126 Å². The van der Waals surface area contributed by atoms with Crippen molar-refractivity contribution >= 4 is 17.6 Å². The first-order chi connectivity index (χ1) is 9.92. The molecule has 0 saturated carbocycles. The molecular formula is C16H23N3O2. The lowest BCUT2D eigenvalue weighted by Crippen LogP contribution is -2.30. The second-order valence-corrected chi connectivity index (χ2v) is 5.00. The van der Waals surface area contributed by atoms with E-state index >= 15 is 0 Å². The number of hydrogen-bond donors (Lipinski definition) is 2. The van der Waals surface area contributed by atoms with Crippen LogP contribution in [0.25, 0.3) is 0 Å². The van der Waals surface area contributed by atoms with Crippen LogP contribution in [0.5, 0.6) is 0 Å². The number of urea groups is 1. The fourth-order valence-electron chi connectivity index (χ4n) is 1.82. The lowest BCUT2D eigenvalue weighted by Gasteiger charge is -2.19. The van der Waals surface area contributed by atoms with E-state index in [-0.39, 0.29) is 11.9 Å². The summed E-state index contributed by atoms with van der Waals surface area (Å²) in [5.41, 5.74) is 2.56. The second kappa shape index (κ2) is 8.09. The number of nitrogens with zero attached hydrogens (tertiary/aromatic N) is 1. The minimum Gasteiger partial charge on any atom is -0.339 e. The zero-order valence-corrected chi connectivity index (χ0v) is 12.9. The Morgan fingerprint density at radius 3 is 2.57 bits per heavy atom. The Morgan fingerprint density at radius 1 is 1.29 bits per heavy atom. The van der Waals surface area contributed by atoms with E-state index in [4.69, 9.17) is 0 Å². The van der Waals surface area contributed by atoms with Gasteiger partial charge in [-0.1, -0.05) is 24.3 Å². The van der Waals surface area contributed by atoms with Crippen molar-refractivity contribution in [2.75, 3.05) is 18.4 Å². The Kier molecular flexibility index (Phi) is 6.46. The molecule has 2 N–H and O–H groups in total. The molecule has 1 aromatic rings. The molecule has 0 unspecified atom stereocenters. The Bertz CT molecular complexity index is 526. The van der Waals surface area contributed by atoms with Crippen LogP contribution in [-0.2, 0) is 11.3 Å². The highest BCUT2D eigenvalue weighted by molar-refractivity contribution is 5.89. The molecule has 0 spiro atoms. The first-order valence-corrected chi connectivity index (χ1v) is 6.96. The van der Waals surface area contributed by atoms with Crippen LogP contribution in [0.4, 0.5) is 10.5 Å². The molecule has 5 heteroatoms. The maximum atomic E-state index is 11.7. The highest BCUT2D eigenvalue weighted by Gasteiger charge is 2.08. The van der Waals surface area contributed by atoms with Crippen LogP contribution < -0.4 is 10.6 Å². The van der Waals surface area contributed by atoms with Crippen molar-refractivity contribution in [3.05, 3.63) is 42.0 Å². The van der Waals surface area contributed by atoms with Gasteiger partial charge in [-0.05, 0) is 31.5 Å². The van der Waals surface area contributed by atoms with Crippen molar-refractivity contribution in [2.45, 2.75) is 27.3 Å². The standard InChI is InChI=1S/C16H23N3O2/c1-5-19(13(4)20)11-14-7-6-8-15(9-14)18-16(21)17-10-12(2)3/h6-9H,2,5,10-11H2,1,3-4H3,(H2,17,18,21). The number of carbonyl (C=O) groups excluding carboxylic acids is 2. The van der Waals surface area contributed by atoms with Gasteiger partial charge in [-0.15, -0.1) is 0 Å². The zero-order valence-electron chi connectivity index (χ0n) is 12.9. The summed E-state index contributed by atoms with van der Waals surface area (Å²) in [7, 11) is 0. The maximum Gasteiger partial charge on any atom is 0.319 e. The van der Waals surface area contributed by atoms with Crippen molar-refractivity contribution in [1.29, 1.82) is 0 Å². The minimum absolute atomic E-state index is 0.0371. The molecule has 0 aromatic heterocycles. The largest absolute Gasteiger partial charge is 0.339 e. The number of hydrogen-bond acceptors (Lipinski definition) is 2. The lowest BCUT2D eigenvalue weighted by atomic mass is 10.2. The van der Waals surface area contributed by atoms with Gasteiger partial charge in [0.15, 0.2) is 0 Å². The third-order valence-electron chi connectivity index (χ3n) is 2.94. The Morgan fingerprint density at radius 2 is 2.00 bits per heavy atom. The monoisotopic (exact) mass is 289 g/mol. The van der Waals surface area contributed by atoms with E-state index in [2.05, 4.69) is 17.2 Å². The first kappa shape index (κ1) is 16.8. The molecule has 114 valence electrons. The van der Waals surface area contributed by atoms with Gasteiger partial charge in [0.25, 0.3) is 0 Å². The van der Waals surface area contributed by atoms with Crippen molar-refractivity contribution in [3.8, 4) is 0 Å². The van der Waals surface area contributed by atoms with Crippen LogP contribution in [0.2, 0.25) is 0 Å². The zero-order chi connectivity index (χ0) is 15.8. The molecule has 0 aliphatic heterocycles. The topological polar surface area (TPSA) is 61.4 Å². The Balaban J connectivity index is 2.65. The van der Waals surface area contributed by atoms with E-state index in [0.29, 0.717) is 25.3 Å². The molecule has 0 fully saturated rings. The van der Waals surface area contributed by atoms with Crippen LogP contribution in [-0.4, -0.2) is 29.9 Å². The summed E-state index contributed by atoms with van der Waals surface area (Å²) in [6, 6.07) is 7.20. The molecule has 0 aliphatic carbocycles. The molecule has 0 radical (unpaired) electrons. The molecule has 21 heavy (non-hydrogen) atoms. The molecule has 0 atom stereocenters. The van der Waals surface area contributed by atoms with E-state index < -0.39 is 0 Å². The summed E-state index contributed by atoms with van der Waals surface area (Å²) in [4.78, 5) is 24.9. The van der Waals surface area contributed by atoms with E-state index in [9.17, 15) is 9.59 Å². The van der Waals surface area contributed by atoms with Crippen LogP contribution in [0.1, 0.15) is 26.3 Å². The SMILES string of the molecule is C=C(C)CNC(=O)Nc1cccc(CN(CC)C(C)=O)c1. The fraction of sp³-hybridized carbons (Fsp3) is 0.375. The smallest absolute Gasteiger partial charge is 0.319 e. The molecule has 3 amide bonds. The number of anilines is 1. The van der Waals surface area contributed by atoms with Gasteiger partial charge in [0.1, 0.15) is 0 Å². The molecule has 0 heterocycles. The van der Waals surface area contributed by atoms with Gasteiger partial charge in [0, 0.05) is 32.2 Å². The van der Waals surface area contributed by atoms with Crippen molar-refractivity contribution in [2.24, 2.45) is 0 Å². The first-order valence-electron chi connectivity index (χ1n) is 6.96. The molecule has 5 nitrogen and oxygen atoms in total. The van der Waals surface area contributed by atoms with Gasteiger partial charge in [-0.3, -0.25) is 4.79 Å². The van der Waals surface area contributed by atoms with E-state index in [0.717, 1.165) is 11.1 Å². The highest BCUT2D eigenvalue weighted by Crippen LogP contribution is 2.12. The fourth-order valence-corrected chi connectivity index (χ4v) is 1.82. The third kappa shape index (κ3) is 6.12. The molecule has 1 aromatic carbocycles. The van der Waals surface area contributed by atoms with Gasteiger partial charge in [-0.25, -0.2) is 4.79 Å². The average molecular weight is 289 g/mol. The molecule has 0 aliphatic rings. The highest BCUT2D eigenvalue weighted by atomic mass is 16.2. The molecule has 1 rings (SSSR count). The minimum atomic E-state index is -0.269. The normalized spacial score (nSPS) is 9.86. The van der Waals surface area contributed by atoms with Crippen LogP contribution >= 0.6 is 0 Å². The van der Waals surface area contributed by atoms with Crippen LogP contribution in [0.3, 0.4) is 0 Å². The summed E-state index contributed by atoms with van der Waals surface area (Å²) in [6.07, 6.45) is 0. The number of carbonyl (C=O) groups is 2. The second-order valence-electron chi connectivity index (χ2n) is 5.00. The predicted molar refractivity (Wildman–Crippen MR) is 85.0 cm³/mol. The molecule has 0 saturated heterocycles. The van der Waals surface area contributed by atoms with E-state index in [1.165, 1.54) is 0 Å². The number of rotatable bonds is 6. The summed E-state index contributed by atoms with van der Waals surface area (Å²) in [5.74, 6) is 0.0371. The van der Waals surface area contributed by atoms with Gasteiger partial charge in [0.2, 0.25) is 5.91 Å². The van der Waals surface area contributed by atoms with Gasteiger partial charge in [-0.2, -0.15) is 0 Å².